The molecule has 1 aliphatic rings. The first-order valence-corrected chi connectivity index (χ1v) is 11.3. The molecule has 0 radical (unpaired) electrons. The van der Waals surface area contributed by atoms with E-state index in [1.54, 1.807) is 4.90 Å². The van der Waals surface area contributed by atoms with Gasteiger partial charge in [-0.2, -0.15) is 0 Å². The molecule has 0 bridgehead atoms. The Balaban J connectivity index is 1.56. The highest BCUT2D eigenvalue weighted by atomic mass is 16.6. The van der Waals surface area contributed by atoms with Crippen molar-refractivity contribution in [2.75, 3.05) is 13.1 Å². The van der Waals surface area contributed by atoms with Gasteiger partial charge < -0.3 is 19.2 Å². The third-order valence-corrected chi connectivity index (χ3v) is 6.35. The van der Waals surface area contributed by atoms with Gasteiger partial charge in [0.2, 0.25) is 5.89 Å². The molecular weight excluding hydrogens is 408 g/mol. The average molecular weight is 443 g/mol. The number of aromatic nitrogens is 1. The van der Waals surface area contributed by atoms with Crippen molar-refractivity contribution in [3.05, 3.63) is 41.3 Å². The lowest BCUT2D eigenvalue weighted by Gasteiger charge is -2.33. The minimum Gasteiger partial charge on any atom is -0.481 e. The topological polar surface area (TPSA) is 92.9 Å². The molecule has 2 heterocycles. The van der Waals surface area contributed by atoms with E-state index in [0.29, 0.717) is 49.7 Å². The van der Waals surface area contributed by atoms with Crippen LogP contribution in [0, 0.1) is 18.8 Å². The molecule has 174 valence electrons. The number of carbonyl (C=O) groups excluding carboxylic acids is 1. The second-order valence-electron chi connectivity index (χ2n) is 9.58. The van der Waals surface area contributed by atoms with E-state index in [0.717, 1.165) is 5.56 Å². The Bertz CT molecular complexity index is 934. The molecule has 0 spiro atoms. The number of piperidine rings is 1. The molecule has 0 saturated carbocycles. The Morgan fingerprint density at radius 3 is 2.38 bits per heavy atom. The number of hydrogen-bond acceptors (Lipinski definition) is 5. The summed E-state index contributed by atoms with van der Waals surface area (Å²) in [6.07, 6.45) is 1.57. The molecule has 1 fully saturated rings. The lowest BCUT2D eigenvalue weighted by molar-refractivity contribution is -0.144. The van der Waals surface area contributed by atoms with E-state index < -0.39 is 12.1 Å². The van der Waals surface area contributed by atoms with Gasteiger partial charge in [-0.05, 0) is 55.2 Å². The van der Waals surface area contributed by atoms with Gasteiger partial charge in [0.15, 0.2) is 0 Å². The predicted molar refractivity (Wildman–Crippen MR) is 121 cm³/mol. The molecule has 1 aromatic carbocycles. The van der Waals surface area contributed by atoms with E-state index in [2.05, 4.69) is 37.9 Å². The third kappa shape index (κ3) is 5.50. The number of aliphatic carboxylic acids is 1. The van der Waals surface area contributed by atoms with E-state index in [1.165, 1.54) is 5.56 Å². The summed E-state index contributed by atoms with van der Waals surface area (Å²) in [6, 6.07) is 8.14. The molecule has 1 unspecified atom stereocenters. The van der Waals surface area contributed by atoms with Gasteiger partial charge in [-0.25, -0.2) is 9.78 Å². The van der Waals surface area contributed by atoms with E-state index in [1.807, 2.05) is 26.0 Å². The van der Waals surface area contributed by atoms with Crippen LogP contribution >= 0.6 is 0 Å². The predicted octanol–water partition coefficient (Wildman–Crippen LogP) is 5.41. The molecule has 1 N–H and O–H groups in total. The zero-order valence-corrected chi connectivity index (χ0v) is 19.7. The Kier molecular flexibility index (Phi) is 7.26. The van der Waals surface area contributed by atoms with Crippen molar-refractivity contribution in [1.29, 1.82) is 0 Å². The van der Waals surface area contributed by atoms with Gasteiger partial charge in [0.25, 0.3) is 0 Å². The molecular formula is C25H34N2O5. The van der Waals surface area contributed by atoms with Crippen LogP contribution in [-0.2, 0) is 21.6 Å². The zero-order chi connectivity index (χ0) is 23.5. The number of rotatable bonds is 6. The molecule has 0 aliphatic carbocycles. The number of benzene rings is 1. The van der Waals surface area contributed by atoms with Crippen molar-refractivity contribution in [2.24, 2.45) is 11.8 Å². The average Bonchev–Trinajstić information content (AvgIpc) is 3.13. The molecule has 2 aromatic rings. The summed E-state index contributed by atoms with van der Waals surface area (Å²) in [4.78, 5) is 30.1. The number of hydrogen-bond donors (Lipinski definition) is 1. The fourth-order valence-electron chi connectivity index (χ4n) is 4.21. The quantitative estimate of drug-likeness (QED) is 0.643. The van der Waals surface area contributed by atoms with Gasteiger partial charge in [-0.1, -0.05) is 39.8 Å². The fraction of sp³-hybridized carbons (Fsp3) is 0.560. The monoisotopic (exact) mass is 442 g/mol. The molecule has 1 aromatic heterocycles. The number of carboxylic acid groups (broad SMARTS) is 1. The molecule has 32 heavy (non-hydrogen) atoms. The van der Waals surface area contributed by atoms with Crippen molar-refractivity contribution in [3.8, 4) is 11.5 Å². The van der Waals surface area contributed by atoms with E-state index >= 15 is 0 Å². The van der Waals surface area contributed by atoms with Gasteiger partial charge in [-0.3, -0.25) is 4.79 Å². The summed E-state index contributed by atoms with van der Waals surface area (Å²) in [5.74, 6) is 0.139. The number of aryl methyl sites for hydroxylation is 1. The Hall–Kier alpha value is -2.83. The summed E-state index contributed by atoms with van der Waals surface area (Å²) in [5.41, 5.74) is 2.78. The molecule has 1 aliphatic heterocycles. The van der Waals surface area contributed by atoms with E-state index in [9.17, 15) is 14.7 Å². The number of nitrogens with zero attached hydrogens (tertiary/aromatic N) is 2. The Labute approximate surface area is 189 Å². The maximum absolute atomic E-state index is 12.5. The highest BCUT2D eigenvalue weighted by molar-refractivity contribution is 5.70. The van der Waals surface area contributed by atoms with Gasteiger partial charge in [0, 0.05) is 18.7 Å². The van der Waals surface area contributed by atoms with Gasteiger partial charge in [-0.15, -0.1) is 0 Å². The zero-order valence-electron chi connectivity index (χ0n) is 19.7. The SMILES string of the molecule is CCC(C(=O)O)C1CCN(C(=O)OCc2nc(-c3ccc(C(C)(C)C)cc3)oc2C)CC1. The fourth-order valence-corrected chi connectivity index (χ4v) is 4.21. The van der Waals surface area contributed by atoms with Crippen LogP contribution < -0.4 is 0 Å². The first-order valence-electron chi connectivity index (χ1n) is 11.3. The molecule has 1 amide bonds. The van der Waals surface area contributed by atoms with Crippen molar-refractivity contribution < 1.29 is 23.8 Å². The van der Waals surface area contributed by atoms with Crippen molar-refractivity contribution in [1.82, 2.24) is 9.88 Å². The van der Waals surface area contributed by atoms with Crippen molar-refractivity contribution in [3.63, 3.8) is 0 Å². The Morgan fingerprint density at radius 1 is 1.22 bits per heavy atom. The van der Waals surface area contributed by atoms with Crippen LogP contribution in [0.15, 0.2) is 28.7 Å². The standard InChI is InChI=1S/C25H34N2O5/c1-6-20(23(28)29)17-11-13-27(14-12-17)24(30)31-15-21-16(2)32-22(26-21)18-7-9-19(10-8-18)25(3,4)5/h7-10,17,20H,6,11-15H2,1-5H3,(H,28,29). The van der Waals surface area contributed by atoms with E-state index in [-0.39, 0.29) is 23.9 Å². The maximum Gasteiger partial charge on any atom is 0.410 e. The minimum atomic E-state index is -0.751. The Morgan fingerprint density at radius 2 is 1.84 bits per heavy atom. The number of carbonyl (C=O) groups is 2. The number of amides is 1. The number of likely N-dealkylation sites (tertiary alicyclic amines) is 1. The smallest absolute Gasteiger partial charge is 0.410 e. The summed E-state index contributed by atoms with van der Waals surface area (Å²) < 4.78 is 11.3. The molecule has 3 rings (SSSR count). The summed E-state index contributed by atoms with van der Waals surface area (Å²) in [6.45, 7) is 11.3. The van der Waals surface area contributed by atoms with Crippen LogP contribution in [0.25, 0.3) is 11.5 Å². The minimum absolute atomic E-state index is 0.0425. The largest absolute Gasteiger partial charge is 0.481 e. The first-order chi connectivity index (χ1) is 15.1. The van der Waals surface area contributed by atoms with Crippen molar-refractivity contribution in [2.45, 2.75) is 65.9 Å². The second kappa shape index (κ2) is 9.76. The van der Waals surface area contributed by atoms with Crippen LogP contribution in [0.3, 0.4) is 0 Å². The van der Waals surface area contributed by atoms with Crippen LogP contribution in [0.5, 0.6) is 0 Å². The van der Waals surface area contributed by atoms with Crippen LogP contribution in [-0.4, -0.2) is 40.1 Å². The number of oxazole rings is 1. The van der Waals surface area contributed by atoms with E-state index in [4.69, 9.17) is 9.15 Å². The number of carboxylic acids is 1. The van der Waals surface area contributed by atoms with Crippen LogP contribution in [0.2, 0.25) is 0 Å². The first kappa shape index (κ1) is 23.8. The third-order valence-electron chi connectivity index (χ3n) is 6.35. The normalized spacial score (nSPS) is 16.1. The summed E-state index contributed by atoms with van der Waals surface area (Å²) in [5, 5.41) is 9.35. The van der Waals surface area contributed by atoms with Gasteiger partial charge in [0.1, 0.15) is 18.1 Å². The van der Waals surface area contributed by atoms with Gasteiger partial charge in [0.05, 0.1) is 5.92 Å². The van der Waals surface area contributed by atoms with Crippen LogP contribution in [0.1, 0.15) is 64.0 Å². The van der Waals surface area contributed by atoms with Gasteiger partial charge >= 0.3 is 12.1 Å². The summed E-state index contributed by atoms with van der Waals surface area (Å²) in [7, 11) is 0. The molecule has 1 atom stereocenters. The lowest BCUT2D eigenvalue weighted by atomic mass is 9.83. The molecule has 7 heteroatoms. The highest BCUT2D eigenvalue weighted by Crippen LogP contribution is 2.29. The number of ether oxygens (including phenoxy) is 1. The maximum atomic E-state index is 12.5. The lowest BCUT2D eigenvalue weighted by Crippen LogP contribution is -2.41. The van der Waals surface area contributed by atoms with Crippen LogP contribution in [0.4, 0.5) is 4.79 Å². The molecule has 7 nitrogen and oxygen atoms in total. The molecule has 1 saturated heterocycles. The second-order valence-corrected chi connectivity index (χ2v) is 9.58. The summed E-state index contributed by atoms with van der Waals surface area (Å²) >= 11 is 0. The van der Waals surface area contributed by atoms with Crippen molar-refractivity contribution >= 4 is 12.1 Å². The highest BCUT2D eigenvalue weighted by Gasteiger charge is 2.32.